The second kappa shape index (κ2) is 6.40. The zero-order valence-electron chi connectivity index (χ0n) is 12.4. The van der Waals surface area contributed by atoms with Crippen molar-refractivity contribution < 1.29 is 13.2 Å². The summed E-state index contributed by atoms with van der Waals surface area (Å²) in [5.41, 5.74) is 0.408. The maximum Gasteiger partial charge on any atom is 0.270 e. The lowest BCUT2D eigenvalue weighted by atomic mass is 9.99. The fraction of sp³-hybridized carbons (Fsp3) is 0.643. The lowest BCUT2D eigenvalue weighted by molar-refractivity contribution is 0.0686. The highest BCUT2D eigenvalue weighted by atomic mass is 35.7. The molecule has 1 amide bonds. The van der Waals surface area contributed by atoms with Crippen molar-refractivity contribution in [2.45, 2.75) is 44.6 Å². The lowest BCUT2D eigenvalue weighted by Crippen LogP contribution is -2.38. The predicted molar refractivity (Wildman–Crippen MR) is 82.1 cm³/mol. The van der Waals surface area contributed by atoms with E-state index in [1.54, 1.807) is 9.47 Å². The molecule has 1 aromatic heterocycles. The first-order valence-corrected chi connectivity index (χ1v) is 9.58. The third-order valence-corrected chi connectivity index (χ3v) is 5.23. The van der Waals surface area contributed by atoms with Gasteiger partial charge in [-0.2, -0.15) is 0 Å². The molecule has 7 heteroatoms. The van der Waals surface area contributed by atoms with E-state index in [1.807, 2.05) is 6.92 Å². The molecule has 1 saturated heterocycles. The molecule has 5 nitrogen and oxygen atoms in total. The van der Waals surface area contributed by atoms with Crippen LogP contribution >= 0.6 is 10.7 Å². The highest BCUT2D eigenvalue weighted by Crippen LogP contribution is 2.23. The minimum Gasteiger partial charge on any atom is -0.342 e. The molecule has 0 aromatic carbocycles. The van der Waals surface area contributed by atoms with Gasteiger partial charge in [0.2, 0.25) is 0 Å². The van der Waals surface area contributed by atoms with Crippen molar-refractivity contribution in [2.75, 3.05) is 13.1 Å². The maximum atomic E-state index is 12.6. The van der Waals surface area contributed by atoms with Gasteiger partial charge in [-0.15, -0.1) is 0 Å². The number of aromatic nitrogens is 1. The highest BCUT2D eigenvalue weighted by molar-refractivity contribution is 8.13. The fourth-order valence-corrected chi connectivity index (χ4v) is 3.35. The van der Waals surface area contributed by atoms with Gasteiger partial charge < -0.3 is 9.47 Å². The summed E-state index contributed by atoms with van der Waals surface area (Å²) in [5, 5.41) is 0. The number of likely N-dealkylation sites (tertiary alicyclic amines) is 1. The molecule has 2 rings (SSSR count). The summed E-state index contributed by atoms with van der Waals surface area (Å²) in [6.07, 6.45) is 4.24. The number of aryl methyl sites for hydroxylation is 1. The zero-order chi connectivity index (χ0) is 15.6. The number of carbonyl (C=O) groups is 1. The van der Waals surface area contributed by atoms with Gasteiger partial charge in [-0.25, -0.2) is 8.42 Å². The van der Waals surface area contributed by atoms with Gasteiger partial charge in [-0.3, -0.25) is 4.79 Å². The molecule has 0 radical (unpaired) electrons. The molecule has 0 atom stereocenters. The first-order chi connectivity index (χ1) is 9.82. The van der Waals surface area contributed by atoms with Crippen LogP contribution in [-0.4, -0.2) is 36.9 Å². The van der Waals surface area contributed by atoms with Crippen molar-refractivity contribution in [2.24, 2.45) is 5.92 Å². The Morgan fingerprint density at radius 3 is 2.52 bits per heavy atom. The topological polar surface area (TPSA) is 59.4 Å². The number of carbonyl (C=O) groups excluding carboxylic acids is 1. The monoisotopic (exact) mass is 332 g/mol. The molecule has 0 saturated carbocycles. The van der Waals surface area contributed by atoms with E-state index in [0.29, 0.717) is 18.2 Å². The van der Waals surface area contributed by atoms with Gasteiger partial charge in [0.15, 0.2) is 0 Å². The number of hydrogen-bond acceptors (Lipinski definition) is 3. The average Bonchev–Trinajstić information content (AvgIpc) is 2.83. The van der Waals surface area contributed by atoms with Crippen LogP contribution in [0.25, 0.3) is 0 Å². The Morgan fingerprint density at radius 1 is 1.38 bits per heavy atom. The number of rotatable bonds is 4. The zero-order valence-corrected chi connectivity index (χ0v) is 14.0. The molecule has 0 aliphatic carbocycles. The maximum absolute atomic E-state index is 12.6. The van der Waals surface area contributed by atoms with Crippen LogP contribution in [0.4, 0.5) is 0 Å². The summed E-state index contributed by atoms with van der Waals surface area (Å²) in [4.78, 5) is 14.4. The average molecular weight is 333 g/mol. The van der Waals surface area contributed by atoms with E-state index in [2.05, 4.69) is 6.92 Å². The molecule has 1 fully saturated rings. The first kappa shape index (κ1) is 16.4. The van der Waals surface area contributed by atoms with E-state index >= 15 is 0 Å². The quantitative estimate of drug-likeness (QED) is 0.796. The smallest absolute Gasteiger partial charge is 0.270 e. The van der Waals surface area contributed by atoms with Gasteiger partial charge in [-0.1, -0.05) is 13.8 Å². The molecule has 1 aromatic rings. The third kappa shape index (κ3) is 3.80. The Hall–Kier alpha value is -1.01. The van der Waals surface area contributed by atoms with E-state index in [9.17, 15) is 13.2 Å². The van der Waals surface area contributed by atoms with Crippen LogP contribution in [0.15, 0.2) is 17.2 Å². The molecule has 1 aliphatic heterocycles. The van der Waals surface area contributed by atoms with Gasteiger partial charge in [0.25, 0.3) is 15.0 Å². The molecular formula is C14H21ClN2O3S. The van der Waals surface area contributed by atoms with Crippen LogP contribution in [0, 0.1) is 5.92 Å². The second-order valence-electron chi connectivity index (χ2n) is 5.67. The summed E-state index contributed by atoms with van der Waals surface area (Å²) in [7, 11) is 1.57. The standard InChI is InChI=1S/C14H21ClN2O3S/c1-3-6-17-10-12(21(15,19)20)9-13(17)14(18)16-7-4-11(2)5-8-16/h9-11H,3-8H2,1-2H3. The number of halogens is 1. The SMILES string of the molecule is CCCn1cc(S(=O)(=O)Cl)cc1C(=O)N1CCC(C)CC1. The number of hydrogen-bond donors (Lipinski definition) is 0. The number of amides is 1. The number of nitrogens with zero attached hydrogens (tertiary/aromatic N) is 2. The normalized spacial score (nSPS) is 17.2. The van der Waals surface area contributed by atoms with Crippen LogP contribution in [-0.2, 0) is 15.6 Å². The Kier molecular flexibility index (Phi) is 4.99. The Labute approximate surface area is 130 Å². The Balaban J connectivity index is 2.29. The van der Waals surface area contributed by atoms with Crippen LogP contribution in [0.1, 0.15) is 43.6 Å². The Bertz CT molecular complexity index is 616. The van der Waals surface area contributed by atoms with Crippen LogP contribution in [0.3, 0.4) is 0 Å². The molecule has 0 N–H and O–H groups in total. The summed E-state index contributed by atoms with van der Waals surface area (Å²) < 4.78 is 24.6. The van der Waals surface area contributed by atoms with E-state index in [1.165, 1.54) is 12.3 Å². The van der Waals surface area contributed by atoms with Crippen LogP contribution in [0.2, 0.25) is 0 Å². The van der Waals surface area contributed by atoms with Crippen molar-refractivity contribution >= 4 is 25.6 Å². The van der Waals surface area contributed by atoms with Crippen LogP contribution < -0.4 is 0 Å². The molecule has 1 aliphatic rings. The highest BCUT2D eigenvalue weighted by Gasteiger charge is 2.26. The largest absolute Gasteiger partial charge is 0.342 e. The van der Waals surface area contributed by atoms with Crippen molar-refractivity contribution in [3.05, 3.63) is 18.0 Å². The van der Waals surface area contributed by atoms with Crippen molar-refractivity contribution in [3.63, 3.8) is 0 Å². The number of piperidine rings is 1. The predicted octanol–water partition coefficient (Wildman–Crippen LogP) is 2.70. The van der Waals surface area contributed by atoms with Crippen molar-refractivity contribution in [1.82, 2.24) is 9.47 Å². The summed E-state index contributed by atoms with van der Waals surface area (Å²) in [6.45, 7) is 6.20. The van der Waals surface area contributed by atoms with Crippen LogP contribution in [0.5, 0.6) is 0 Å². The van der Waals surface area contributed by atoms with Gasteiger partial charge >= 0.3 is 0 Å². The molecule has 21 heavy (non-hydrogen) atoms. The van der Waals surface area contributed by atoms with Gasteiger partial charge in [0, 0.05) is 36.5 Å². The van der Waals surface area contributed by atoms with E-state index < -0.39 is 9.05 Å². The molecule has 0 spiro atoms. The minimum absolute atomic E-state index is 0.00801. The minimum atomic E-state index is -3.82. The summed E-state index contributed by atoms with van der Waals surface area (Å²) >= 11 is 0. The molecule has 2 heterocycles. The third-order valence-electron chi connectivity index (χ3n) is 3.91. The summed E-state index contributed by atoms with van der Waals surface area (Å²) in [5.74, 6) is 0.525. The molecule has 118 valence electrons. The lowest BCUT2D eigenvalue weighted by Gasteiger charge is -2.30. The van der Waals surface area contributed by atoms with E-state index in [4.69, 9.17) is 10.7 Å². The molecule has 0 unspecified atom stereocenters. The van der Waals surface area contributed by atoms with Crippen molar-refractivity contribution in [3.8, 4) is 0 Å². The first-order valence-electron chi connectivity index (χ1n) is 7.27. The van der Waals surface area contributed by atoms with Gasteiger partial charge in [0.1, 0.15) is 10.6 Å². The van der Waals surface area contributed by atoms with Crippen molar-refractivity contribution in [1.29, 1.82) is 0 Å². The second-order valence-corrected chi connectivity index (χ2v) is 8.23. The van der Waals surface area contributed by atoms with Gasteiger partial charge in [-0.05, 0) is 31.2 Å². The fourth-order valence-electron chi connectivity index (χ4n) is 2.60. The van der Waals surface area contributed by atoms with Gasteiger partial charge in [0.05, 0.1) is 0 Å². The Morgan fingerprint density at radius 2 is 2.00 bits per heavy atom. The molecular weight excluding hydrogens is 312 g/mol. The molecule has 0 bridgehead atoms. The van der Waals surface area contributed by atoms with E-state index in [-0.39, 0.29) is 10.8 Å². The summed E-state index contributed by atoms with van der Waals surface area (Å²) in [6, 6.07) is 1.39. The van der Waals surface area contributed by atoms with E-state index in [0.717, 1.165) is 32.4 Å².